The highest BCUT2D eigenvalue weighted by Crippen LogP contribution is 2.23. The van der Waals surface area contributed by atoms with Gasteiger partial charge in [0.15, 0.2) is 0 Å². The molecule has 0 bridgehead atoms. The zero-order valence-corrected chi connectivity index (χ0v) is 18.0. The molecule has 0 saturated carbocycles. The van der Waals surface area contributed by atoms with E-state index in [2.05, 4.69) is 79.2 Å². The van der Waals surface area contributed by atoms with E-state index in [9.17, 15) is 4.79 Å². The highest BCUT2D eigenvalue weighted by atomic mass is 79.9. The van der Waals surface area contributed by atoms with Crippen LogP contribution in [0.4, 0.5) is 4.79 Å². The monoisotopic (exact) mass is 456 g/mol. The molecule has 0 spiro atoms. The molecular formula is C23H25BrN2O3. The molecular weight excluding hydrogens is 432 g/mol. The van der Waals surface area contributed by atoms with Crippen LogP contribution in [-0.4, -0.2) is 42.8 Å². The maximum Gasteiger partial charge on any atom is 0.508 e. The molecule has 1 N–H and O–H groups in total. The Labute approximate surface area is 179 Å². The first-order valence-electron chi connectivity index (χ1n) is 9.53. The lowest BCUT2D eigenvalue weighted by Gasteiger charge is -2.21. The van der Waals surface area contributed by atoms with Crippen molar-refractivity contribution in [3.8, 4) is 0 Å². The summed E-state index contributed by atoms with van der Waals surface area (Å²) in [7, 11) is 1.30. The molecule has 5 nitrogen and oxygen atoms in total. The number of fused-ring (bicyclic) bond motifs is 1. The van der Waals surface area contributed by atoms with Gasteiger partial charge in [-0.05, 0) is 35.8 Å². The van der Waals surface area contributed by atoms with Crippen LogP contribution in [0, 0.1) is 0 Å². The van der Waals surface area contributed by atoms with E-state index < -0.39 is 6.16 Å². The van der Waals surface area contributed by atoms with Crippen molar-refractivity contribution < 1.29 is 14.3 Å². The first kappa shape index (κ1) is 21.1. The van der Waals surface area contributed by atoms with Gasteiger partial charge in [0.1, 0.15) is 6.61 Å². The molecule has 0 aliphatic carbocycles. The third kappa shape index (κ3) is 6.48. The van der Waals surface area contributed by atoms with E-state index in [1.807, 2.05) is 18.2 Å². The Morgan fingerprint density at radius 1 is 1.17 bits per heavy atom. The number of carbonyl (C=O) groups excluding carboxylic acids is 1. The Hall–Kier alpha value is -2.57. The molecule has 0 aliphatic rings. The lowest BCUT2D eigenvalue weighted by molar-refractivity contribution is 0.0817. The summed E-state index contributed by atoms with van der Waals surface area (Å²) in [5.74, 6) is 0. The Morgan fingerprint density at radius 3 is 2.79 bits per heavy atom. The lowest BCUT2D eigenvalue weighted by atomic mass is 10.1. The number of carbonyl (C=O) groups is 1. The largest absolute Gasteiger partial charge is 0.508 e. The van der Waals surface area contributed by atoms with Gasteiger partial charge in [0.05, 0.1) is 7.11 Å². The van der Waals surface area contributed by atoms with Gasteiger partial charge in [0.2, 0.25) is 0 Å². The SMILES string of the molecule is COC(=O)OC/C=C/CN(CCc1c[nH]c2cc(Br)ccc12)Cc1ccccc1. The number of hydrogen-bond donors (Lipinski definition) is 1. The number of aromatic nitrogens is 1. The Balaban J connectivity index is 1.62. The number of hydrogen-bond acceptors (Lipinski definition) is 4. The molecule has 0 fully saturated rings. The van der Waals surface area contributed by atoms with Crippen LogP contribution in [0.1, 0.15) is 11.1 Å². The summed E-state index contributed by atoms with van der Waals surface area (Å²) in [6.45, 7) is 2.76. The van der Waals surface area contributed by atoms with Gasteiger partial charge in [0, 0.05) is 41.2 Å². The van der Waals surface area contributed by atoms with Crippen molar-refractivity contribution in [1.29, 1.82) is 0 Å². The number of H-pyrrole nitrogens is 1. The van der Waals surface area contributed by atoms with E-state index in [1.54, 1.807) is 0 Å². The Kier molecular flexibility index (Phi) is 7.90. The normalized spacial score (nSPS) is 11.4. The summed E-state index contributed by atoms with van der Waals surface area (Å²) in [4.78, 5) is 16.7. The van der Waals surface area contributed by atoms with Crippen molar-refractivity contribution in [3.05, 3.63) is 82.5 Å². The van der Waals surface area contributed by atoms with Crippen LogP contribution in [0.25, 0.3) is 10.9 Å². The number of nitrogens with zero attached hydrogens (tertiary/aromatic N) is 1. The summed E-state index contributed by atoms with van der Waals surface area (Å²) >= 11 is 3.52. The molecule has 0 amide bonds. The predicted molar refractivity (Wildman–Crippen MR) is 119 cm³/mol. The smallest absolute Gasteiger partial charge is 0.438 e. The summed E-state index contributed by atoms with van der Waals surface area (Å²) in [5, 5.41) is 1.26. The van der Waals surface area contributed by atoms with Crippen molar-refractivity contribution in [2.75, 3.05) is 26.8 Å². The zero-order chi connectivity index (χ0) is 20.5. The average molecular weight is 457 g/mol. The van der Waals surface area contributed by atoms with Gasteiger partial charge in [-0.1, -0.05) is 58.4 Å². The van der Waals surface area contributed by atoms with Crippen LogP contribution in [-0.2, 0) is 22.4 Å². The van der Waals surface area contributed by atoms with Crippen LogP contribution in [0.2, 0.25) is 0 Å². The molecule has 3 rings (SSSR count). The maximum atomic E-state index is 11.0. The van der Waals surface area contributed by atoms with E-state index in [-0.39, 0.29) is 6.61 Å². The number of methoxy groups -OCH3 is 1. The molecule has 0 radical (unpaired) electrons. The molecule has 0 atom stereocenters. The minimum absolute atomic E-state index is 0.211. The first-order valence-corrected chi connectivity index (χ1v) is 10.3. The number of rotatable bonds is 9. The minimum Gasteiger partial charge on any atom is -0.438 e. The number of ether oxygens (including phenoxy) is 2. The fourth-order valence-corrected chi connectivity index (χ4v) is 3.55. The summed E-state index contributed by atoms with van der Waals surface area (Å²) in [6, 6.07) is 16.8. The minimum atomic E-state index is -0.665. The second kappa shape index (κ2) is 10.8. The summed E-state index contributed by atoms with van der Waals surface area (Å²) < 4.78 is 10.4. The summed E-state index contributed by atoms with van der Waals surface area (Å²) in [6.07, 6.45) is 6.25. The maximum absolute atomic E-state index is 11.0. The van der Waals surface area contributed by atoms with Gasteiger partial charge < -0.3 is 14.5 Å². The molecule has 1 aromatic heterocycles. The predicted octanol–water partition coefficient (Wildman–Crippen LogP) is 5.31. The number of benzene rings is 2. The van der Waals surface area contributed by atoms with Gasteiger partial charge in [-0.2, -0.15) is 0 Å². The zero-order valence-electron chi connectivity index (χ0n) is 16.4. The fraction of sp³-hybridized carbons (Fsp3) is 0.261. The fourth-order valence-electron chi connectivity index (χ4n) is 3.19. The van der Waals surface area contributed by atoms with Gasteiger partial charge in [0.25, 0.3) is 0 Å². The van der Waals surface area contributed by atoms with Crippen LogP contribution in [0.15, 0.2) is 71.4 Å². The molecule has 0 aliphatic heterocycles. The molecule has 29 heavy (non-hydrogen) atoms. The van der Waals surface area contributed by atoms with Crippen LogP contribution in [0.5, 0.6) is 0 Å². The third-order valence-electron chi connectivity index (χ3n) is 4.67. The molecule has 6 heteroatoms. The molecule has 3 aromatic rings. The highest BCUT2D eigenvalue weighted by molar-refractivity contribution is 9.10. The average Bonchev–Trinajstić information content (AvgIpc) is 3.14. The second-order valence-corrected chi connectivity index (χ2v) is 7.63. The molecule has 0 unspecified atom stereocenters. The molecule has 0 saturated heterocycles. The van der Waals surface area contributed by atoms with Crippen molar-refractivity contribution >= 4 is 33.0 Å². The summed E-state index contributed by atoms with van der Waals surface area (Å²) in [5.41, 5.74) is 3.72. The number of halogens is 1. The van der Waals surface area contributed by atoms with Gasteiger partial charge >= 0.3 is 6.16 Å². The third-order valence-corrected chi connectivity index (χ3v) is 5.16. The van der Waals surface area contributed by atoms with E-state index in [4.69, 9.17) is 4.74 Å². The van der Waals surface area contributed by atoms with Crippen molar-refractivity contribution in [2.24, 2.45) is 0 Å². The van der Waals surface area contributed by atoms with E-state index >= 15 is 0 Å². The number of aromatic amines is 1. The number of nitrogens with one attached hydrogen (secondary N) is 1. The topological polar surface area (TPSA) is 54.6 Å². The van der Waals surface area contributed by atoms with Gasteiger partial charge in [-0.15, -0.1) is 0 Å². The van der Waals surface area contributed by atoms with E-state index in [0.29, 0.717) is 0 Å². The van der Waals surface area contributed by atoms with Crippen molar-refractivity contribution in [3.63, 3.8) is 0 Å². The standard InChI is InChI=1S/C23H25BrN2O3/c1-28-23(27)29-14-6-5-12-26(17-18-7-3-2-4-8-18)13-11-19-16-25-22-15-20(24)9-10-21(19)22/h2-10,15-16,25H,11-14,17H2,1H3/b6-5+. The second-order valence-electron chi connectivity index (χ2n) is 6.71. The van der Waals surface area contributed by atoms with Crippen LogP contribution in [0.3, 0.4) is 0 Å². The van der Waals surface area contributed by atoms with E-state index in [0.717, 1.165) is 36.0 Å². The van der Waals surface area contributed by atoms with Crippen molar-refractivity contribution in [2.45, 2.75) is 13.0 Å². The quantitative estimate of drug-likeness (QED) is 0.349. The van der Waals surface area contributed by atoms with Crippen LogP contribution < -0.4 is 0 Å². The Morgan fingerprint density at radius 2 is 2.00 bits per heavy atom. The first-order chi connectivity index (χ1) is 14.2. The molecule has 152 valence electrons. The highest BCUT2D eigenvalue weighted by Gasteiger charge is 2.09. The lowest BCUT2D eigenvalue weighted by Crippen LogP contribution is -2.26. The van der Waals surface area contributed by atoms with Gasteiger partial charge in [-0.3, -0.25) is 4.90 Å². The van der Waals surface area contributed by atoms with Crippen LogP contribution >= 0.6 is 15.9 Å². The van der Waals surface area contributed by atoms with E-state index in [1.165, 1.54) is 23.6 Å². The molecule has 1 heterocycles. The molecule has 2 aromatic carbocycles. The van der Waals surface area contributed by atoms with Gasteiger partial charge in [-0.25, -0.2) is 4.79 Å². The Bertz CT molecular complexity index is 953. The van der Waals surface area contributed by atoms with Crippen molar-refractivity contribution in [1.82, 2.24) is 9.88 Å².